The Balaban J connectivity index is 2.68. The van der Waals surface area contributed by atoms with E-state index in [-0.39, 0.29) is 12.0 Å². The molecular formula is C12H14F3NO3. The Morgan fingerprint density at radius 2 is 1.84 bits per heavy atom. The van der Waals surface area contributed by atoms with Gasteiger partial charge in [-0.2, -0.15) is 0 Å². The van der Waals surface area contributed by atoms with Gasteiger partial charge in [0, 0.05) is 6.61 Å². The van der Waals surface area contributed by atoms with Crippen molar-refractivity contribution in [3.63, 3.8) is 0 Å². The number of nitrogens with one attached hydrogen (secondary N) is 1. The molecule has 0 saturated heterocycles. The Hall–Kier alpha value is -1.60. The summed E-state index contributed by atoms with van der Waals surface area (Å²) in [5, 5.41) is 20.2. The Bertz CT molecular complexity index is 411. The Morgan fingerprint density at radius 1 is 1.26 bits per heavy atom. The fourth-order valence-electron chi connectivity index (χ4n) is 1.46. The minimum Gasteiger partial charge on any atom is -0.396 e. The van der Waals surface area contributed by atoms with Gasteiger partial charge in [-0.05, 0) is 24.1 Å². The zero-order valence-corrected chi connectivity index (χ0v) is 9.89. The molecule has 1 amide bonds. The number of halogens is 3. The highest BCUT2D eigenvalue weighted by atomic mass is 19.3. The molecule has 0 spiro atoms. The monoisotopic (exact) mass is 277 g/mol. The zero-order chi connectivity index (χ0) is 14.4. The van der Waals surface area contributed by atoms with Gasteiger partial charge < -0.3 is 15.5 Å². The Kier molecular flexibility index (Phi) is 5.78. The lowest BCUT2D eigenvalue weighted by Crippen LogP contribution is -2.42. The molecule has 0 aromatic heterocycles. The first kappa shape index (κ1) is 15.5. The second-order valence-electron chi connectivity index (χ2n) is 3.92. The lowest BCUT2D eigenvalue weighted by Gasteiger charge is -2.19. The fourth-order valence-corrected chi connectivity index (χ4v) is 1.46. The van der Waals surface area contributed by atoms with Crippen molar-refractivity contribution in [3.05, 3.63) is 35.6 Å². The average molecular weight is 277 g/mol. The van der Waals surface area contributed by atoms with Crippen molar-refractivity contribution in [1.29, 1.82) is 0 Å². The van der Waals surface area contributed by atoms with Crippen molar-refractivity contribution in [2.45, 2.75) is 25.0 Å². The highest BCUT2D eigenvalue weighted by molar-refractivity contribution is 5.82. The number of alkyl halides is 2. The van der Waals surface area contributed by atoms with Gasteiger partial charge in [-0.3, -0.25) is 4.79 Å². The van der Waals surface area contributed by atoms with E-state index in [0.29, 0.717) is 0 Å². The number of hydrogen-bond acceptors (Lipinski definition) is 3. The number of aliphatic hydroxyl groups is 2. The first-order chi connectivity index (χ1) is 8.95. The van der Waals surface area contributed by atoms with E-state index in [4.69, 9.17) is 5.11 Å². The summed E-state index contributed by atoms with van der Waals surface area (Å²) in [5.41, 5.74) is 0.0934. The molecule has 106 valence electrons. The molecular weight excluding hydrogens is 263 g/mol. The van der Waals surface area contributed by atoms with Crippen LogP contribution in [0.5, 0.6) is 0 Å². The van der Waals surface area contributed by atoms with E-state index in [1.54, 1.807) is 0 Å². The molecule has 0 radical (unpaired) electrons. The predicted molar refractivity (Wildman–Crippen MR) is 61.0 cm³/mol. The average Bonchev–Trinajstić information content (AvgIpc) is 2.38. The molecule has 1 rings (SSSR count). The van der Waals surface area contributed by atoms with E-state index >= 15 is 0 Å². The smallest absolute Gasteiger partial charge is 0.258 e. The van der Waals surface area contributed by atoms with Crippen molar-refractivity contribution in [2.24, 2.45) is 0 Å². The molecule has 0 aliphatic heterocycles. The highest BCUT2D eigenvalue weighted by Gasteiger charge is 2.25. The van der Waals surface area contributed by atoms with Crippen LogP contribution in [0.3, 0.4) is 0 Å². The summed E-state index contributed by atoms with van der Waals surface area (Å²) < 4.78 is 37.7. The number of carbonyl (C=O) groups is 1. The fraction of sp³-hybridized carbons (Fsp3) is 0.417. The van der Waals surface area contributed by atoms with Gasteiger partial charge in [0.15, 0.2) is 6.10 Å². The van der Waals surface area contributed by atoms with E-state index in [0.717, 1.165) is 12.1 Å². The number of hydrogen-bond donors (Lipinski definition) is 3. The Morgan fingerprint density at radius 3 is 2.32 bits per heavy atom. The molecule has 2 atom stereocenters. The summed E-state index contributed by atoms with van der Waals surface area (Å²) in [5.74, 6) is -1.56. The summed E-state index contributed by atoms with van der Waals surface area (Å²) >= 11 is 0. The largest absolute Gasteiger partial charge is 0.396 e. The third-order valence-electron chi connectivity index (χ3n) is 2.51. The SMILES string of the molecule is O=C(NC(CCO)C(F)F)[C@H](O)c1ccc(F)cc1. The summed E-state index contributed by atoms with van der Waals surface area (Å²) in [6.07, 6.45) is -4.84. The molecule has 7 heteroatoms. The maximum Gasteiger partial charge on any atom is 0.258 e. The highest BCUT2D eigenvalue weighted by Crippen LogP contribution is 2.15. The first-order valence-corrected chi connectivity index (χ1v) is 5.58. The van der Waals surface area contributed by atoms with Gasteiger partial charge in [0.1, 0.15) is 5.82 Å². The predicted octanol–water partition coefficient (Wildman–Crippen LogP) is 0.991. The molecule has 0 aliphatic rings. The van der Waals surface area contributed by atoms with Crippen molar-refractivity contribution in [3.8, 4) is 0 Å². The first-order valence-electron chi connectivity index (χ1n) is 5.58. The van der Waals surface area contributed by atoms with Crippen LogP contribution in [-0.4, -0.2) is 35.2 Å². The van der Waals surface area contributed by atoms with E-state index in [1.165, 1.54) is 12.1 Å². The van der Waals surface area contributed by atoms with Gasteiger partial charge in [-0.25, -0.2) is 13.2 Å². The zero-order valence-electron chi connectivity index (χ0n) is 9.89. The van der Waals surface area contributed by atoms with Gasteiger partial charge >= 0.3 is 0 Å². The molecule has 1 aromatic rings. The molecule has 0 saturated carbocycles. The van der Waals surface area contributed by atoms with E-state index in [1.807, 2.05) is 5.32 Å². The molecule has 1 unspecified atom stereocenters. The molecule has 0 bridgehead atoms. The van der Waals surface area contributed by atoms with E-state index in [2.05, 4.69) is 0 Å². The molecule has 4 nitrogen and oxygen atoms in total. The summed E-state index contributed by atoms with van der Waals surface area (Å²) in [7, 11) is 0. The number of aliphatic hydroxyl groups excluding tert-OH is 2. The number of carbonyl (C=O) groups excluding carboxylic acids is 1. The van der Waals surface area contributed by atoms with Crippen LogP contribution in [0.1, 0.15) is 18.1 Å². The minimum atomic E-state index is -2.85. The quantitative estimate of drug-likeness (QED) is 0.726. The van der Waals surface area contributed by atoms with Crippen LogP contribution >= 0.6 is 0 Å². The van der Waals surface area contributed by atoms with Crippen LogP contribution in [0.2, 0.25) is 0 Å². The second kappa shape index (κ2) is 7.10. The van der Waals surface area contributed by atoms with Crippen molar-refractivity contribution >= 4 is 5.91 Å². The van der Waals surface area contributed by atoms with Gasteiger partial charge in [0.2, 0.25) is 0 Å². The van der Waals surface area contributed by atoms with Crippen LogP contribution < -0.4 is 5.32 Å². The van der Waals surface area contributed by atoms with Crippen LogP contribution in [0.15, 0.2) is 24.3 Å². The van der Waals surface area contributed by atoms with Crippen molar-refractivity contribution in [2.75, 3.05) is 6.61 Å². The third kappa shape index (κ3) is 4.53. The van der Waals surface area contributed by atoms with E-state index in [9.17, 15) is 23.1 Å². The third-order valence-corrected chi connectivity index (χ3v) is 2.51. The molecule has 0 fully saturated rings. The lowest BCUT2D eigenvalue weighted by molar-refractivity contribution is -0.131. The maximum atomic E-state index is 12.7. The number of amides is 1. The maximum absolute atomic E-state index is 12.7. The van der Waals surface area contributed by atoms with Crippen molar-refractivity contribution < 1.29 is 28.2 Å². The summed E-state index contributed by atoms with van der Waals surface area (Å²) in [6.45, 7) is -0.512. The van der Waals surface area contributed by atoms with Gasteiger partial charge in [-0.1, -0.05) is 12.1 Å². The van der Waals surface area contributed by atoms with E-state index < -0.39 is 36.9 Å². The van der Waals surface area contributed by atoms with Crippen LogP contribution in [0, 0.1) is 5.82 Å². The van der Waals surface area contributed by atoms with Crippen LogP contribution in [0.25, 0.3) is 0 Å². The number of benzene rings is 1. The van der Waals surface area contributed by atoms with Gasteiger partial charge in [-0.15, -0.1) is 0 Å². The normalized spacial score (nSPS) is 14.2. The summed E-state index contributed by atoms with van der Waals surface area (Å²) in [6, 6.07) is 2.92. The van der Waals surface area contributed by atoms with Crippen molar-refractivity contribution in [1.82, 2.24) is 5.32 Å². The molecule has 0 heterocycles. The number of rotatable bonds is 6. The standard InChI is InChI=1S/C12H14F3NO3/c13-8-3-1-7(2-4-8)10(18)12(19)16-9(5-6-17)11(14)15/h1-4,9-11,17-18H,5-6H2,(H,16,19)/t9?,10-/m1/s1. The molecule has 1 aromatic carbocycles. The van der Waals surface area contributed by atoms with Gasteiger partial charge in [0.05, 0.1) is 6.04 Å². The topological polar surface area (TPSA) is 69.6 Å². The molecule has 3 N–H and O–H groups in total. The molecule has 19 heavy (non-hydrogen) atoms. The van der Waals surface area contributed by atoms with Gasteiger partial charge in [0.25, 0.3) is 12.3 Å². The second-order valence-corrected chi connectivity index (χ2v) is 3.92. The summed E-state index contributed by atoms with van der Waals surface area (Å²) in [4.78, 5) is 11.5. The van der Waals surface area contributed by atoms with Crippen LogP contribution in [0.4, 0.5) is 13.2 Å². The molecule has 0 aliphatic carbocycles. The van der Waals surface area contributed by atoms with Crippen LogP contribution in [-0.2, 0) is 4.79 Å². The minimum absolute atomic E-state index is 0.0934. The lowest BCUT2D eigenvalue weighted by atomic mass is 10.1. The Labute approximate surface area is 107 Å².